The maximum absolute atomic E-state index is 11.5. The second-order valence-electron chi connectivity index (χ2n) is 5.88. The molecule has 0 spiro atoms. The summed E-state index contributed by atoms with van der Waals surface area (Å²) in [7, 11) is 0. The van der Waals surface area contributed by atoms with Crippen LogP contribution in [0.2, 0.25) is 10.0 Å². The number of nitriles is 2. The molecular weight excluding hydrogens is 407 g/mol. The van der Waals surface area contributed by atoms with Crippen LogP contribution in [0.3, 0.4) is 0 Å². The van der Waals surface area contributed by atoms with E-state index < -0.39 is 0 Å². The number of unbranched alkanes of at least 4 members (excludes halogenated alkanes) is 1. The summed E-state index contributed by atoms with van der Waals surface area (Å²) < 4.78 is 1.47. The van der Waals surface area contributed by atoms with E-state index in [1.165, 1.54) is 4.68 Å². The largest absolute Gasteiger partial charge is 0.296 e. The van der Waals surface area contributed by atoms with E-state index in [0.29, 0.717) is 46.1 Å². The average molecular weight is 419 g/mol. The number of carbonyl (C=O) groups is 1. The zero-order valence-electron chi connectivity index (χ0n) is 15.0. The topological polar surface area (TPSA) is 82.5 Å². The third kappa shape index (κ3) is 4.31. The first-order valence-electron chi connectivity index (χ1n) is 8.49. The highest BCUT2D eigenvalue weighted by Crippen LogP contribution is 2.32. The van der Waals surface area contributed by atoms with Crippen molar-refractivity contribution in [1.82, 2.24) is 9.78 Å². The van der Waals surface area contributed by atoms with Crippen molar-refractivity contribution < 1.29 is 4.79 Å². The molecule has 0 aliphatic carbocycles. The highest BCUT2D eigenvalue weighted by atomic mass is 35.5. The molecule has 0 amide bonds. The molecule has 140 valence electrons. The smallest absolute Gasteiger partial charge is 0.171 e. The van der Waals surface area contributed by atoms with Crippen LogP contribution < -0.4 is 0 Å². The zero-order valence-corrected chi connectivity index (χ0v) is 16.5. The lowest BCUT2D eigenvalue weighted by atomic mass is 10.0. The average Bonchev–Trinajstić information content (AvgIpc) is 3.10. The standard InChI is InChI=1S/C22H12Cl2N4O/c23-17-9-10-21(19(24)12-17)28-22(18(13-26)20(14-29)27-28)16-7-5-15(6-8-16)4-2-1-3-11-25/h5-10,12,14H,1,3H2. The molecule has 3 rings (SSSR count). The van der Waals surface area contributed by atoms with Gasteiger partial charge in [0.05, 0.1) is 22.5 Å². The maximum Gasteiger partial charge on any atom is 0.171 e. The van der Waals surface area contributed by atoms with Gasteiger partial charge in [-0.3, -0.25) is 4.79 Å². The van der Waals surface area contributed by atoms with Gasteiger partial charge in [0.25, 0.3) is 0 Å². The predicted octanol–water partition coefficient (Wildman–Crippen LogP) is 5.19. The normalized spacial score (nSPS) is 9.79. The molecule has 5 nitrogen and oxygen atoms in total. The fourth-order valence-electron chi connectivity index (χ4n) is 2.72. The number of carbonyl (C=O) groups excluding carboxylic acids is 1. The van der Waals surface area contributed by atoms with Crippen molar-refractivity contribution >= 4 is 29.5 Å². The lowest BCUT2D eigenvalue weighted by molar-refractivity contribution is 0.111. The van der Waals surface area contributed by atoms with Crippen LogP contribution >= 0.6 is 23.2 Å². The number of rotatable bonds is 4. The summed E-state index contributed by atoms with van der Waals surface area (Å²) in [5, 5.41) is 23.2. The minimum atomic E-state index is 0.0221. The summed E-state index contributed by atoms with van der Waals surface area (Å²) in [6.45, 7) is 0. The quantitative estimate of drug-likeness (QED) is 0.331. The highest BCUT2D eigenvalue weighted by molar-refractivity contribution is 6.35. The van der Waals surface area contributed by atoms with Crippen molar-refractivity contribution in [3.05, 3.63) is 69.3 Å². The van der Waals surface area contributed by atoms with E-state index in [-0.39, 0.29) is 11.3 Å². The van der Waals surface area contributed by atoms with Crippen LogP contribution in [0.4, 0.5) is 0 Å². The Morgan fingerprint density at radius 3 is 2.45 bits per heavy atom. The molecule has 29 heavy (non-hydrogen) atoms. The van der Waals surface area contributed by atoms with Crippen LogP contribution in [0, 0.1) is 34.5 Å². The van der Waals surface area contributed by atoms with Gasteiger partial charge >= 0.3 is 0 Å². The number of hydrogen-bond acceptors (Lipinski definition) is 4. The number of hydrogen-bond donors (Lipinski definition) is 0. The van der Waals surface area contributed by atoms with Crippen LogP contribution in [0.25, 0.3) is 16.9 Å². The van der Waals surface area contributed by atoms with Crippen molar-refractivity contribution in [1.29, 1.82) is 10.5 Å². The first-order chi connectivity index (χ1) is 14.1. The van der Waals surface area contributed by atoms with Crippen LogP contribution in [-0.2, 0) is 0 Å². The van der Waals surface area contributed by atoms with E-state index >= 15 is 0 Å². The molecule has 0 aliphatic rings. The van der Waals surface area contributed by atoms with Crippen molar-refractivity contribution in [2.75, 3.05) is 0 Å². The Morgan fingerprint density at radius 1 is 1.07 bits per heavy atom. The molecule has 7 heteroatoms. The number of aldehydes is 1. The van der Waals surface area contributed by atoms with Crippen LogP contribution in [-0.4, -0.2) is 16.1 Å². The maximum atomic E-state index is 11.5. The van der Waals surface area contributed by atoms with Gasteiger partial charge in [0, 0.05) is 29.0 Å². The molecule has 1 aromatic heterocycles. The van der Waals surface area contributed by atoms with Gasteiger partial charge in [0.15, 0.2) is 6.29 Å². The molecule has 0 saturated carbocycles. The Bertz CT molecular complexity index is 1220. The minimum absolute atomic E-state index is 0.0221. The van der Waals surface area contributed by atoms with Gasteiger partial charge in [-0.2, -0.15) is 15.6 Å². The summed E-state index contributed by atoms with van der Waals surface area (Å²) in [6, 6.07) is 16.2. The Hall–Kier alpha value is -3.56. The van der Waals surface area contributed by atoms with E-state index in [0.717, 1.165) is 5.56 Å². The summed E-state index contributed by atoms with van der Waals surface area (Å²) in [5.41, 5.74) is 2.57. The molecule has 0 aliphatic heterocycles. The Morgan fingerprint density at radius 2 is 1.83 bits per heavy atom. The van der Waals surface area contributed by atoms with Crippen molar-refractivity contribution in [3.8, 4) is 40.9 Å². The van der Waals surface area contributed by atoms with Crippen molar-refractivity contribution in [2.45, 2.75) is 12.8 Å². The Kier molecular flexibility index (Phi) is 6.32. The van der Waals surface area contributed by atoms with Gasteiger partial charge in [-0.1, -0.05) is 47.2 Å². The Balaban J connectivity index is 2.12. The molecule has 0 fully saturated rings. The molecule has 0 unspecified atom stereocenters. The third-order valence-electron chi connectivity index (χ3n) is 4.03. The molecule has 0 N–H and O–H groups in total. The van der Waals surface area contributed by atoms with Gasteiger partial charge in [-0.25, -0.2) is 4.68 Å². The second-order valence-corrected chi connectivity index (χ2v) is 6.73. The number of aromatic nitrogens is 2. The van der Waals surface area contributed by atoms with E-state index in [2.05, 4.69) is 23.0 Å². The molecule has 1 heterocycles. The van der Waals surface area contributed by atoms with Crippen LogP contribution in [0.5, 0.6) is 0 Å². The van der Waals surface area contributed by atoms with Gasteiger partial charge in [0.1, 0.15) is 17.3 Å². The second kappa shape index (κ2) is 9.09. The Labute approximate surface area is 177 Å². The molecular formula is C22H12Cl2N4O. The summed E-state index contributed by atoms with van der Waals surface area (Å²) in [6.07, 6.45) is 1.42. The van der Waals surface area contributed by atoms with E-state index in [4.69, 9.17) is 28.5 Å². The minimum Gasteiger partial charge on any atom is -0.296 e. The van der Waals surface area contributed by atoms with E-state index in [1.54, 1.807) is 42.5 Å². The summed E-state index contributed by atoms with van der Waals surface area (Å²) in [5.74, 6) is 5.91. The van der Waals surface area contributed by atoms with E-state index in [1.807, 2.05) is 6.07 Å². The van der Waals surface area contributed by atoms with Crippen LogP contribution in [0.1, 0.15) is 34.5 Å². The molecule has 0 bridgehead atoms. The van der Waals surface area contributed by atoms with Gasteiger partial charge < -0.3 is 0 Å². The summed E-state index contributed by atoms with van der Waals surface area (Å²) >= 11 is 12.3. The van der Waals surface area contributed by atoms with Crippen molar-refractivity contribution in [3.63, 3.8) is 0 Å². The van der Waals surface area contributed by atoms with Gasteiger partial charge in [-0.15, -0.1) is 0 Å². The third-order valence-corrected chi connectivity index (χ3v) is 4.56. The molecule has 2 aromatic carbocycles. The highest BCUT2D eigenvalue weighted by Gasteiger charge is 2.21. The van der Waals surface area contributed by atoms with Crippen LogP contribution in [0.15, 0.2) is 42.5 Å². The van der Waals surface area contributed by atoms with Crippen molar-refractivity contribution in [2.24, 2.45) is 0 Å². The first-order valence-corrected chi connectivity index (χ1v) is 9.24. The molecule has 0 saturated heterocycles. The lowest BCUT2D eigenvalue weighted by Gasteiger charge is -2.10. The number of nitrogens with zero attached hydrogens (tertiary/aromatic N) is 4. The first kappa shape index (κ1) is 20.2. The SMILES string of the molecule is N#CCCC#Cc1ccc(-c2c(C#N)c(C=O)nn2-c2ccc(Cl)cc2Cl)cc1. The number of halogens is 2. The van der Waals surface area contributed by atoms with Gasteiger partial charge in [0.2, 0.25) is 0 Å². The number of benzene rings is 2. The zero-order chi connectivity index (χ0) is 20.8. The summed E-state index contributed by atoms with van der Waals surface area (Å²) in [4.78, 5) is 11.5. The predicted molar refractivity (Wildman–Crippen MR) is 111 cm³/mol. The van der Waals surface area contributed by atoms with Gasteiger partial charge in [-0.05, 0) is 30.3 Å². The van der Waals surface area contributed by atoms with E-state index in [9.17, 15) is 10.1 Å². The fourth-order valence-corrected chi connectivity index (χ4v) is 3.20. The fraction of sp³-hybridized carbons (Fsp3) is 0.0909. The molecule has 3 aromatic rings. The monoisotopic (exact) mass is 418 g/mol. The lowest BCUT2D eigenvalue weighted by Crippen LogP contribution is -2.01. The molecule has 0 radical (unpaired) electrons. The molecule has 0 atom stereocenters.